The number of amides is 2. The van der Waals surface area contributed by atoms with Gasteiger partial charge in [-0.25, -0.2) is 0 Å². The normalized spacial score (nSPS) is 10.7. The molecule has 0 spiro atoms. The minimum atomic E-state index is -0.537. The van der Waals surface area contributed by atoms with E-state index in [2.05, 4.69) is 17.3 Å². The number of rotatable bonds is 10. The number of ether oxygens (including phenoxy) is 2. The van der Waals surface area contributed by atoms with E-state index in [0.29, 0.717) is 41.0 Å². The van der Waals surface area contributed by atoms with E-state index >= 15 is 0 Å². The summed E-state index contributed by atoms with van der Waals surface area (Å²) in [7, 11) is 3.01. The van der Waals surface area contributed by atoms with Crippen LogP contribution in [0.15, 0.2) is 47.3 Å². The van der Waals surface area contributed by atoms with Gasteiger partial charge in [-0.05, 0) is 31.5 Å². The molecule has 2 aromatic carbocycles. The number of fused-ring (bicyclic) bond motifs is 1. The van der Waals surface area contributed by atoms with Crippen LogP contribution in [0, 0.1) is 0 Å². The summed E-state index contributed by atoms with van der Waals surface area (Å²) in [6.45, 7) is 5.03. The summed E-state index contributed by atoms with van der Waals surface area (Å²) in [5.74, 6) is 0.220. The molecule has 2 amide bonds. The molecule has 9 nitrogen and oxygen atoms in total. The highest BCUT2D eigenvalue weighted by molar-refractivity contribution is 6.05. The number of aromatic nitrogens is 2. The second-order valence-electron chi connectivity index (χ2n) is 7.66. The second-order valence-corrected chi connectivity index (χ2v) is 7.66. The Labute approximate surface area is 198 Å². The monoisotopic (exact) mass is 466 g/mol. The number of likely N-dealkylation sites (N-methyl/N-ethyl adjacent to an activating group) is 1. The number of benzene rings is 2. The Balaban J connectivity index is 1.98. The standard InChI is InChI=1S/C25H30N4O5/c1-5-7-14-28(6-2)22(30)16-26-24(31)23-18-10-8-9-11-19(18)25(32)29(27-23)17-12-13-20(33-3)21(15-17)34-4/h8-13,15H,5-7,14,16H2,1-4H3,(H,26,31). The lowest BCUT2D eigenvalue weighted by atomic mass is 10.1. The summed E-state index contributed by atoms with van der Waals surface area (Å²) >= 11 is 0. The lowest BCUT2D eigenvalue weighted by molar-refractivity contribution is -0.130. The zero-order valence-electron chi connectivity index (χ0n) is 20.0. The Morgan fingerprint density at radius 3 is 2.38 bits per heavy atom. The Kier molecular flexibility index (Phi) is 8.24. The highest BCUT2D eigenvalue weighted by Gasteiger charge is 2.20. The first-order valence-electron chi connectivity index (χ1n) is 11.3. The Hall–Kier alpha value is -3.88. The molecule has 3 aromatic rings. The Bertz CT molecular complexity index is 1240. The van der Waals surface area contributed by atoms with Crippen LogP contribution in [0.4, 0.5) is 0 Å². The summed E-state index contributed by atoms with van der Waals surface area (Å²) in [6, 6.07) is 11.7. The van der Waals surface area contributed by atoms with Gasteiger partial charge in [-0.1, -0.05) is 31.5 Å². The van der Waals surface area contributed by atoms with Crippen molar-refractivity contribution in [2.75, 3.05) is 33.9 Å². The van der Waals surface area contributed by atoms with Gasteiger partial charge in [-0.3, -0.25) is 14.4 Å². The van der Waals surface area contributed by atoms with Gasteiger partial charge in [0, 0.05) is 24.5 Å². The van der Waals surface area contributed by atoms with E-state index in [1.54, 1.807) is 47.4 Å². The molecule has 0 saturated heterocycles. The first kappa shape index (κ1) is 24.8. The molecule has 1 N–H and O–H groups in total. The highest BCUT2D eigenvalue weighted by Crippen LogP contribution is 2.28. The number of unbranched alkanes of at least 4 members (excludes halogenated alkanes) is 1. The minimum absolute atomic E-state index is 0.0504. The van der Waals surface area contributed by atoms with Crippen LogP contribution in [0.25, 0.3) is 16.5 Å². The molecule has 0 aliphatic heterocycles. The van der Waals surface area contributed by atoms with Crippen molar-refractivity contribution in [1.29, 1.82) is 0 Å². The first-order chi connectivity index (χ1) is 16.4. The van der Waals surface area contributed by atoms with Crippen LogP contribution in [0.2, 0.25) is 0 Å². The van der Waals surface area contributed by atoms with Crippen LogP contribution in [0.5, 0.6) is 11.5 Å². The van der Waals surface area contributed by atoms with E-state index < -0.39 is 5.91 Å². The number of nitrogens with zero attached hydrogens (tertiary/aromatic N) is 3. The summed E-state index contributed by atoms with van der Waals surface area (Å²) in [5, 5.41) is 7.78. The number of carbonyl (C=O) groups excluding carboxylic acids is 2. The lowest BCUT2D eigenvalue weighted by Crippen LogP contribution is -2.41. The van der Waals surface area contributed by atoms with Crippen molar-refractivity contribution < 1.29 is 19.1 Å². The molecule has 0 radical (unpaired) electrons. The van der Waals surface area contributed by atoms with Gasteiger partial charge >= 0.3 is 0 Å². The third-order valence-electron chi connectivity index (χ3n) is 5.55. The molecule has 0 aliphatic rings. The van der Waals surface area contributed by atoms with Crippen LogP contribution in [-0.2, 0) is 4.79 Å². The second kappa shape index (κ2) is 11.3. The average Bonchev–Trinajstić information content (AvgIpc) is 2.87. The van der Waals surface area contributed by atoms with E-state index in [9.17, 15) is 14.4 Å². The molecule has 34 heavy (non-hydrogen) atoms. The van der Waals surface area contributed by atoms with Crippen molar-refractivity contribution in [2.24, 2.45) is 0 Å². The van der Waals surface area contributed by atoms with E-state index in [0.717, 1.165) is 17.5 Å². The van der Waals surface area contributed by atoms with Gasteiger partial charge in [0.1, 0.15) is 0 Å². The van der Waals surface area contributed by atoms with Crippen LogP contribution in [0.3, 0.4) is 0 Å². The smallest absolute Gasteiger partial charge is 0.279 e. The van der Waals surface area contributed by atoms with Gasteiger partial charge in [0.2, 0.25) is 5.91 Å². The molecule has 0 fully saturated rings. The summed E-state index contributed by atoms with van der Waals surface area (Å²) in [4.78, 5) is 40.6. The molecule has 0 saturated carbocycles. The van der Waals surface area contributed by atoms with Gasteiger partial charge < -0.3 is 19.7 Å². The SMILES string of the molecule is CCCCN(CC)C(=O)CNC(=O)c1nn(-c2ccc(OC)c(OC)c2)c(=O)c2ccccc12. The minimum Gasteiger partial charge on any atom is -0.493 e. The van der Waals surface area contributed by atoms with E-state index in [4.69, 9.17) is 9.47 Å². The zero-order valence-corrected chi connectivity index (χ0v) is 20.0. The van der Waals surface area contributed by atoms with Crippen molar-refractivity contribution in [3.05, 3.63) is 58.5 Å². The van der Waals surface area contributed by atoms with Gasteiger partial charge in [-0.2, -0.15) is 9.78 Å². The number of carbonyl (C=O) groups is 2. The largest absolute Gasteiger partial charge is 0.493 e. The first-order valence-corrected chi connectivity index (χ1v) is 11.3. The summed E-state index contributed by atoms with van der Waals surface area (Å²) < 4.78 is 11.8. The maximum Gasteiger partial charge on any atom is 0.279 e. The molecule has 0 aliphatic carbocycles. The fourth-order valence-corrected chi connectivity index (χ4v) is 3.65. The van der Waals surface area contributed by atoms with E-state index in [-0.39, 0.29) is 23.7 Å². The molecule has 180 valence electrons. The maximum absolute atomic E-state index is 13.2. The predicted molar refractivity (Wildman–Crippen MR) is 130 cm³/mol. The molecular weight excluding hydrogens is 436 g/mol. The number of hydrogen-bond acceptors (Lipinski definition) is 6. The average molecular weight is 467 g/mol. The van der Waals surface area contributed by atoms with Gasteiger partial charge in [0.25, 0.3) is 11.5 Å². The molecular formula is C25H30N4O5. The van der Waals surface area contributed by atoms with Crippen LogP contribution >= 0.6 is 0 Å². The zero-order chi connectivity index (χ0) is 24.7. The Morgan fingerprint density at radius 2 is 1.74 bits per heavy atom. The van der Waals surface area contributed by atoms with Gasteiger partial charge in [0.15, 0.2) is 17.2 Å². The fourth-order valence-electron chi connectivity index (χ4n) is 3.65. The summed E-state index contributed by atoms with van der Waals surface area (Å²) in [5.41, 5.74) is 0.0804. The van der Waals surface area contributed by atoms with Crippen molar-refractivity contribution >= 4 is 22.6 Å². The van der Waals surface area contributed by atoms with Crippen LogP contribution in [0.1, 0.15) is 37.2 Å². The third kappa shape index (κ3) is 5.19. The topological polar surface area (TPSA) is 103 Å². The summed E-state index contributed by atoms with van der Waals surface area (Å²) in [6.07, 6.45) is 1.87. The predicted octanol–water partition coefficient (Wildman–Crippen LogP) is 2.78. The molecule has 0 unspecified atom stereocenters. The maximum atomic E-state index is 13.2. The molecule has 9 heteroatoms. The molecule has 0 atom stereocenters. The Morgan fingerprint density at radius 1 is 1.03 bits per heavy atom. The molecule has 3 rings (SSSR count). The molecule has 1 heterocycles. The highest BCUT2D eigenvalue weighted by atomic mass is 16.5. The van der Waals surface area contributed by atoms with Gasteiger partial charge in [0.05, 0.1) is 31.8 Å². The number of methoxy groups -OCH3 is 2. The van der Waals surface area contributed by atoms with Crippen LogP contribution in [-0.4, -0.2) is 60.3 Å². The van der Waals surface area contributed by atoms with Gasteiger partial charge in [-0.15, -0.1) is 0 Å². The van der Waals surface area contributed by atoms with E-state index in [1.807, 2.05) is 6.92 Å². The number of nitrogens with one attached hydrogen (secondary N) is 1. The quantitative estimate of drug-likeness (QED) is 0.493. The van der Waals surface area contributed by atoms with Crippen LogP contribution < -0.4 is 20.3 Å². The fraction of sp³-hybridized carbons (Fsp3) is 0.360. The molecule has 1 aromatic heterocycles. The third-order valence-corrected chi connectivity index (χ3v) is 5.55. The van der Waals surface area contributed by atoms with Crippen molar-refractivity contribution in [3.63, 3.8) is 0 Å². The number of hydrogen-bond donors (Lipinski definition) is 1. The van der Waals surface area contributed by atoms with Crippen molar-refractivity contribution in [1.82, 2.24) is 20.0 Å². The lowest BCUT2D eigenvalue weighted by Gasteiger charge is -2.20. The molecule has 0 bridgehead atoms. The van der Waals surface area contributed by atoms with Crippen molar-refractivity contribution in [2.45, 2.75) is 26.7 Å². The van der Waals surface area contributed by atoms with Crippen molar-refractivity contribution in [3.8, 4) is 17.2 Å². The van der Waals surface area contributed by atoms with E-state index in [1.165, 1.54) is 14.2 Å².